The zero-order valence-corrected chi connectivity index (χ0v) is 12.3. The van der Waals surface area contributed by atoms with Gasteiger partial charge >= 0.3 is 0 Å². The second kappa shape index (κ2) is 4.99. The lowest BCUT2D eigenvalue weighted by atomic mass is 9.84. The molecule has 0 aromatic heterocycles. The first-order valence-electron chi connectivity index (χ1n) is 6.23. The molecule has 0 atom stereocenters. The predicted molar refractivity (Wildman–Crippen MR) is 76.8 cm³/mol. The highest BCUT2D eigenvalue weighted by molar-refractivity contribution is 9.10. The Balaban J connectivity index is 2.05. The summed E-state index contributed by atoms with van der Waals surface area (Å²) in [4.78, 5) is 2.54. The average Bonchev–Trinajstić information content (AvgIpc) is 2.21. The van der Waals surface area contributed by atoms with E-state index in [1.165, 1.54) is 31.5 Å². The number of hydrogen-bond acceptors (Lipinski definition) is 2. The van der Waals surface area contributed by atoms with Crippen molar-refractivity contribution in [1.82, 2.24) is 4.90 Å². The van der Waals surface area contributed by atoms with Crippen molar-refractivity contribution in [1.29, 1.82) is 0 Å². The van der Waals surface area contributed by atoms with Crippen LogP contribution in [0.15, 0.2) is 22.7 Å². The standard InChI is InChI=1S/C14H21BrN2/c1-14(2)6-3-7-17(10-14)9-11-4-5-12(16)8-13(11)15/h4-5,8H,3,6-7,9-10,16H2,1-2H3. The molecule has 17 heavy (non-hydrogen) atoms. The van der Waals surface area contributed by atoms with E-state index in [0.29, 0.717) is 5.41 Å². The molecule has 1 heterocycles. The number of hydrogen-bond donors (Lipinski definition) is 1. The minimum atomic E-state index is 0.457. The van der Waals surface area contributed by atoms with Crippen molar-refractivity contribution in [3.63, 3.8) is 0 Å². The fraction of sp³-hybridized carbons (Fsp3) is 0.571. The molecule has 1 aliphatic rings. The first-order valence-corrected chi connectivity index (χ1v) is 7.02. The summed E-state index contributed by atoms with van der Waals surface area (Å²) < 4.78 is 1.13. The lowest BCUT2D eigenvalue weighted by Gasteiger charge is -2.38. The van der Waals surface area contributed by atoms with Crippen molar-refractivity contribution in [3.05, 3.63) is 28.2 Å². The molecule has 1 aromatic rings. The van der Waals surface area contributed by atoms with Gasteiger partial charge in [-0.2, -0.15) is 0 Å². The third kappa shape index (κ3) is 3.46. The molecule has 1 saturated heterocycles. The van der Waals surface area contributed by atoms with Gasteiger partial charge in [0.2, 0.25) is 0 Å². The van der Waals surface area contributed by atoms with Gasteiger partial charge < -0.3 is 5.73 Å². The Kier molecular flexibility index (Phi) is 3.79. The van der Waals surface area contributed by atoms with Gasteiger partial charge in [-0.25, -0.2) is 0 Å². The van der Waals surface area contributed by atoms with E-state index < -0.39 is 0 Å². The number of benzene rings is 1. The molecule has 94 valence electrons. The van der Waals surface area contributed by atoms with Crippen LogP contribution < -0.4 is 5.73 Å². The maximum absolute atomic E-state index is 5.76. The molecule has 0 radical (unpaired) electrons. The molecule has 0 saturated carbocycles. The second-order valence-electron chi connectivity index (χ2n) is 5.83. The van der Waals surface area contributed by atoms with E-state index >= 15 is 0 Å². The number of nitrogen functional groups attached to an aromatic ring is 1. The fourth-order valence-electron chi connectivity index (χ4n) is 2.61. The highest BCUT2D eigenvalue weighted by Crippen LogP contribution is 2.30. The Bertz CT molecular complexity index is 401. The van der Waals surface area contributed by atoms with E-state index in [4.69, 9.17) is 5.73 Å². The van der Waals surface area contributed by atoms with Gasteiger partial charge in [-0.1, -0.05) is 35.8 Å². The van der Waals surface area contributed by atoms with Crippen molar-refractivity contribution in [2.45, 2.75) is 33.2 Å². The third-order valence-corrected chi connectivity index (χ3v) is 4.19. The summed E-state index contributed by atoms with van der Waals surface area (Å²) >= 11 is 3.60. The molecule has 1 fully saturated rings. The SMILES string of the molecule is CC1(C)CCCN(Cc2ccc(N)cc2Br)C1. The van der Waals surface area contributed by atoms with E-state index in [1.54, 1.807) is 0 Å². The Morgan fingerprint density at radius 2 is 2.18 bits per heavy atom. The van der Waals surface area contributed by atoms with E-state index in [2.05, 4.69) is 40.7 Å². The van der Waals surface area contributed by atoms with E-state index in [-0.39, 0.29) is 0 Å². The summed E-state index contributed by atoms with van der Waals surface area (Å²) in [5.74, 6) is 0. The van der Waals surface area contributed by atoms with Crippen molar-refractivity contribution in [2.24, 2.45) is 5.41 Å². The molecule has 0 unspecified atom stereocenters. The van der Waals surface area contributed by atoms with Gasteiger partial charge in [0.15, 0.2) is 0 Å². The minimum absolute atomic E-state index is 0.457. The van der Waals surface area contributed by atoms with Crippen LogP contribution in [-0.2, 0) is 6.54 Å². The molecule has 3 heteroatoms. The van der Waals surface area contributed by atoms with Crippen LogP contribution in [0, 0.1) is 5.41 Å². The molecule has 0 amide bonds. The largest absolute Gasteiger partial charge is 0.399 e. The number of halogens is 1. The van der Waals surface area contributed by atoms with Gasteiger partial charge in [0, 0.05) is 23.2 Å². The Labute approximate surface area is 112 Å². The van der Waals surface area contributed by atoms with Crippen LogP contribution in [0.2, 0.25) is 0 Å². The average molecular weight is 297 g/mol. The lowest BCUT2D eigenvalue weighted by Crippen LogP contribution is -2.39. The first-order chi connectivity index (χ1) is 7.96. The molecule has 1 aromatic carbocycles. The van der Waals surface area contributed by atoms with Crippen LogP contribution in [-0.4, -0.2) is 18.0 Å². The highest BCUT2D eigenvalue weighted by atomic mass is 79.9. The number of anilines is 1. The maximum atomic E-state index is 5.76. The van der Waals surface area contributed by atoms with E-state index in [0.717, 1.165) is 16.7 Å². The van der Waals surface area contributed by atoms with E-state index in [9.17, 15) is 0 Å². The maximum Gasteiger partial charge on any atom is 0.0325 e. The summed E-state index contributed by atoms with van der Waals surface area (Å²) in [7, 11) is 0. The van der Waals surface area contributed by atoms with Gasteiger partial charge in [-0.05, 0) is 42.5 Å². The molecule has 0 bridgehead atoms. The van der Waals surface area contributed by atoms with Gasteiger partial charge in [-0.15, -0.1) is 0 Å². The summed E-state index contributed by atoms with van der Waals surface area (Å²) in [6.45, 7) is 8.13. The van der Waals surface area contributed by atoms with E-state index in [1.807, 2.05) is 12.1 Å². The smallest absolute Gasteiger partial charge is 0.0325 e. The number of nitrogens with zero attached hydrogens (tertiary/aromatic N) is 1. The van der Waals surface area contributed by atoms with Crippen LogP contribution in [0.1, 0.15) is 32.3 Å². The summed E-state index contributed by atoms with van der Waals surface area (Å²) in [6.07, 6.45) is 2.64. The van der Waals surface area contributed by atoms with Gasteiger partial charge in [0.05, 0.1) is 0 Å². The van der Waals surface area contributed by atoms with Gasteiger partial charge in [-0.3, -0.25) is 4.90 Å². The summed E-state index contributed by atoms with van der Waals surface area (Å²) in [6, 6.07) is 6.10. The zero-order valence-electron chi connectivity index (χ0n) is 10.7. The minimum Gasteiger partial charge on any atom is -0.399 e. The fourth-order valence-corrected chi connectivity index (χ4v) is 3.13. The third-order valence-electron chi connectivity index (χ3n) is 3.45. The Morgan fingerprint density at radius 3 is 2.82 bits per heavy atom. The number of rotatable bonds is 2. The van der Waals surface area contributed by atoms with Crippen LogP contribution in [0.3, 0.4) is 0 Å². The molecular weight excluding hydrogens is 276 g/mol. The lowest BCUT2D eigenvalue weighted by molar-refractivity contribution is 0.111. The van der Waals surface area contributed by atoms with Gasteiger partial charge in [0.25, 0.3) is 0 Å². The van der Waals surface area contributed by atoms with Crippen LogP contribution in [0.25, 0.3) is 0 Å². The quantitative estimate of drug-likeness (QED) is 0.844. The van der Waals surface area contributed by atoms with Crippen molar-refractivity contribution in [2.75, 3.05) is 18.8 Å². The molecule has 0 aliphatic carbocycles. The van der Waals surface area contributed by atoms with Crippen molar-refractivity contribution in [3.8, 4) is 0 Å². The Hall–Kier alpha value is -0.540. The molecule has 2 rings (SSSR count). The van der Waals surface area contributed by atoms with Crippen molar-refractivity contribution < 1.29 is 0 Å². The molecule has 2 N–H and O–H groups in total. The highest BCUT2D eigenvalue weighted by Gasteiger charge is 2.26. The summed E-state index contributed by atoms with van der Waals surface area (Å²) in [5.41, 5.74) is 8.37. The van der Waals surface area contributed by atoms with Crippen LogP contribution in [0.4, 0.5) is 5.69 Å². The molecular formula is C14H21BrN2. The van der Waals surface area contributed by atoms with Crippen LogP contribution in [0.5, 0.6) is 0 Å². The topological polar surface area (TPSA) is 29.3 Å². The van der Waals surface area contributed by atoms with Crippen molar-refractivity contribution >= 4 is 21.6 Å². The summed E-state index contributed by atoms with van der Waals surface area (Å²) in [5, 5.41) is 0. The second-order valence-corrected chi connectivity index (χ2v) is 6.68. The number of nitrogens with two attached hydrogens (primary N) is 1. The number of piperidine rings is 1. The molecule has 1 aliphatic heterocycles. The number of likely N-dealkylation sites (tertiary alicyclic amines) is 1. The monoisotopic (exact) mass is 296 g/mol. The van der Waals surface area contributed by atoms with Gasteiger partial charge in [0.1, 0.15) is 0 Å². The Morgan fingerprint density at radius 1 is 1.41 bits per heavy atom. The molecule has 0 spiro atoms. The molecule has 2 nitrogen and oxygen atoms in total. The predicted octanol–water partition coefficient (Wildman–Crippen LogP) is 3.65. The first kappa shape index (κ1) is 12.9. The zero-order chi connectivity index (χ0) is 12.5. The van der Waals surface area contributed by atoms with Crippen LogP contribution >= 0.6 is 15.9 Å². The normalized spacial score (nSPS) is 20.4.